The van der Waals surface area contributed by atoms with Crippen molar-refractivity contribution in [3.63, 3.8) is 0 Å². The molecule has 0 radical (unpaired) electrons. The zero-order chi connectivity index (χ0) is 20.6. The minimum atomic E-state index is -0.617. The van der Waals surface area contributed by atoms with E-state index < -0.39 is 6.10 Å². The minimum Gasteiger partial charge on any atom is -0.490 e. The minimum absolute atomic E-state index is 0.162. The largest absolute Gasteiger partial charge is 0.490 e. The summed E-state index contributed by atoms with van der Waals surface area (Å²) in [5.74, 6) is 1.22. The number of ether oxygens (including phenoxy) is 2. The molecule has 0 bridgehead atoms. The first kappa shape index (κ1) is 21.4. The summed E-state index contributed by atoms with van der Waals surface area (Å²) >= 11 is 5.90. The van der Waals surface area contributed by atoms with E-state index in [-0.39, 0.29) is 18.6 Å². The normalized spacial score (nSPS) is 16.2. The molecule has 1 aliphatic heterocycles. The van der Waals surface area contributed by atoms with Crippen molar-refractivity contribution in [3.8, 4) is 11.5 Å². The van der Waals surface area contributed by atoms with Crippen LogP contribution < -0.4 is 14.8 Å². The first-order valence-electron chi connectivity index (χ1n) is 9.81. The number of nitrogens with zero attached hydrogens (tertiary/aromatic N) is 1. The quantitative estimate of drug-likeness (QED) is 0.685. The number of halogens is 1. The average molecular weight is 419 g/mol. The molecule has 1 fully saturated rings. The Balaban J connectivity index is 1.40. The van der Waals surface area contributed by atoms with Crippen LogP contribution in [0.3, 0.4) is 0 Å². The fourth-order valence-electron chi connectivity index (χ4n) is 3.34. The van der Waals surface area contributed by atoms with Crippen LogP contribution in [-0.4, -0.2) is 54.4 Å². The Morgan fingerprint density at radius 3 is 2.59 bits per heavy atom. The molecule has 2 N–H and O–H groups in total. The molecule has 156 valence electrons. The van der Waals surface area contributed by atoms with Crippen molar-refractivity contribution < 1.29 is 19.4 Å². The maximum absolute atomic E-state index is 11.3. The van der Waals surface area contributed by atoms with Gasteiger partial charge in [0.2, 0.25) is 5.91 Å². The highest BCUT2D eigenvalue weighted by molar-refractivity contribution is 6.30. The van der Waals surface area contributed by atoms with Crippen LogP contribution in [-0.2, 0) is 4.79 Å². The smallest absolute Gasteiger partial charge is 0.221 e. The molecule has 29 heavy (non-hydrogen) atoms. The van der Waals surface area contributed by atoms with Gasteiger partial charge in [-0.2, -0.15) is 0 Å². The number of rotatable bonds is 8. The lowest BCUT2D eigenvalue weighted by atomic mass is 10.1. The molecule has 1 unspecified atom stereocenters. The first-order chi connectivity index (χ1) is 14.0. The topological polar surface area (TPSA) is 71.0 Å². The number of piperidine rings is 1. The van der Waals surface area contributed by atoms with Gasteiger partial charge in [-0.1, -0.05) is 23.7 Å². The lowest BCUT2D eigenvalue weighted by molar-refractivity contribution is -0.114. The number of benzene rings is 2. The fraction of sp³-hybridized carbons (Fsp3) is 0.409. The Hall–Kier alpha value is -2.28. The third-order valence-corrected chi connectivity index (χ3v) is 5.00. The van der Waals surface area contributed by atoms with Gasteiger partial charge in [-0.25, -0.2) is 0 Å². The number of hydrogen-bond donors (Lipinski definition) is 2. The molecule has 6 nitrogen and oxygen atoms in total. The van der Waals surface area contributed by atoms with Crippen LogP contribution in [0.2, 0.25) is 5.02 Å². The van der Waals surface area contributed by atoms with E-state index in [0.29, 0.717) is 23.0 Å². The number of β-amino-alcohol motifs (C(OH)–C–C–N with tert-alkyl or cyclic N) is 1. The first-order valence-corrected chi connectivity index (χ1v) is 10.2. The van der Waals surface area contributed by atoms with Gasteiger partial charge in [0, 0.05) is 31.6 Å². The standard InChI is InChI=1S/C22H27ClN2O4/c1-16(26)24-21-4-2-3-5-22(21)28-15-18(27)14-25-12-10-20(11-13-25)29-19-8-6-17(23)7-9-19/h2-9,18,20,27H,10-15H2,1H3,(H,24,26). The van der Waals surface area contributed by atoms with Gasteiger partial charge in [-0.15, -0.1) is 0 Å². The zero-order valence-electron chi connectivity index (χ0n) is 16.5. The summed E-state index contributed by atoms with van der Waals surface area (Å²) in [5, 5.41) is 13.8. The Morgan fingerprint density at radius 2 is 1.90 bits per heavy atom. The Bertz CT molecular complexity index is 792. The predicted octanol–water partition coefficient (Wildman–Crippen LogP) is 3.58. The molecule has 0 aliphatic carbocycles. The number of amides is 1. The molecule has 7 heteroatoms. The summed E-state index contributed by atoms with van der Waals surface area (Å²) in [5.41, 5.74) is 0.604. The van der Waals surface area contributed by atoms with E-state index in [1.54, 1.807) is 12.1 Å². The Morgan fingerprint density at radius 1 is 1.21 bits per heavy atom. The van der Waals surface area contributed by atoms with Crippen LogP contribution in [0.1, 0.15) is 19.8 Å². The van der Waals surface area contributed by atoms with Crippen LogP contribution in [0.4, 0.5) is 5.69 Å². The van der Waals surface area contributed by atoms with E-state index in [2.05, 4.69) is 10.2 Å². The number of likely N-dealkylation sites (tertiary alicyclic amines) is 1. The third kappa shape index (κ3) is 6.92. The number of para-hydroxylation sites is 2. The van der Waals surface area contributed by atoms with Crippen LogP contribution >= 0.6 is 11.6 Å². The monoisotopic (exact) mass is 418 g/mol. The van der Waals surface area contributed by atoms with E-state index in [0.717, 1.165) is 31.7 Å². The second-order valence-electron chi connectivity index (χ2n) is 7.21. The molecular formula is C22H27ClN2O4. The highest BCUT2D eigenvalue weighted by atomic mass is 35.5. The maximum atomic E-state index is 11.3. The van der Waals surface area contributed by atoms with Gasteiger partial charge in [0.25, 0.3) is 0 Å². The molecule has 2 aromatic rings. The van der Waals surface area contributed by atoms with Gasteiger partial charge in [-0.05, 0) is 49.2 Å². The lowest BCUT2D eigenvalue weighted by Crippen LogP contribution is -2.43. The maximum Gasteiger partial charge on any atom is 0.221 e. The summed E-state index contributed by atoms with van der Waals surface area (Å²) in [6.45, 7) is 3.87. The SMILES string of the molecule is CC(=O)Nc1ccccc1OCC(O)CN1CCC(Oc2ccc(Cl)cc2)CC1. The van der Waals surface area contributed by atoms with E-state index in [4.69, 9.17) is 21.1 Å². The molecule has 3 rings (SSSR count). The fourth-order valence-corrected chi connectivity index (χ4v) is 3.46. The summed E-state index contributed by atoms with van der Waals surface area (Å²) in [7, 11) is 0. The van der Waals surface area contributed by atoms with Gasteiger partial charge >= 0.3 is 0 Å². The molecule has 0 aromatic heterocycles. The molecule has 1 heterocycles. The summed E-state index contributed by atoms with van der Waals surface area (Å²) in [4.78, 5) is 13.5. The molecule has 1 amide bonds. The molecular weight excluding hydrogens is 392 g/mol. The van der Waals surface area contributed by atoms with E-state index in [9.17, 15) is 9.90 Å². The van der Waals surface area contributed by atoms with Gasteiger partial charge in [0.05, 0.1) is 5.69 Å². The molecule has 2 aromatic carbocycles. The van der Waals surface area contributed by atoms with Crippen molar-refractivity contribution in [3.05, 3.63) is 53.6 Å². The van der Waals surface area contributed by atoms with Crippen molar-refractivity contribution in [1.29, 1.82) is 0 Å². The number of nitrogens with one attached hydrogen (secondary N) is 1. The molecule has 0 saturated carbocycles. The summed E-state index contributed by atoms with van der Waals surface area (Å²) in [6.07, 6.45) is 1.36. The van der Waals surface area contributed by atoms with Crippen LogP contribution in [0.15, 0.2) is 48.5 Å². The van der Waals surface area contributed by atoms with Crippen molar-refractivity contribution in [1.82, 2.24) is 4.90 Å². The average Bonchev–Trinajstić information content (AvgIpc) is 2.70. The van der Waals surface area contributed by atoms with Crippen LogP contribution in [0.5, 0.6) is 11.5 Å². The number of carbonyl (C=O) groups is 1. The second kappa shape index (κ2) is 10.5. The molecule has 1 aliphatic rings. The Labute approximate surface area is 176 Å². The zero-order valence-corrected chi connectivity index (χ0v) is 17.3. The number of carbonyl (C=O) groups excluding carboxylic acids is 1. The highest BCUT2D eigenvalue weighted by Gasteiger charge is 2.22. The van der Waals surface area contributed by atoms with Gasteiger partial charge in [0.1, 0.15) is 30.3 Å². The molecule has 1 atom stereocenters. The van der Waals surface area contributed by atoms with Crippen molar-refractivity contribution in [2.75, 3.05) is 31.6 Å². The lowest BCUT2D eigenvalue weighted by Gasteiger charge is -2.33. The highest BCUT2D eigenvalue weighted by Crippen LogP contribution is 2.24. The molecule has 1 saturated heterocycles. The summed E-state index contributed by atoms with van der Waals surface area (Å²) in [6, 6.07) is 14.6. The van der Waals surface area contributed by atoms with E-state index in [1.165, 1.54) is 6.92 Å². The summed E-state index contributed by atoms with van der Waals surface area (Å²) < 4.78 is 11.7. The number of hydrogen-bond acceptors (Lipinski definition) is 5. The third-order valence-electron chi connectivity index (χ3n) is 4.75. The van der Waals surface area contributed by atoms with Gasteiger partial charge < -0.3 is 24.8 Å². The molecule has 0 spiro atoms. The van der Waals surface area contributed by atoms with E-state index in [1.807, 2.05) is 36.4 Å². The second-order valence-corrected chi connectivity index (χ2v) is 7.65. The van der Waals surface area contributed by atoms with Crippen molar-refractivity contribution in [2.45, 2.75) is 32.0 Å². The Kier molecular flexibility index (Phi) is 7.75. The number of aliphatic hydroxyl groups is 1. The van der Waals surface area contributed by atoms with Gasteiger partial charge in [0.15, 0.2) is 0 Å². The predicted molar refractivity (Wildman–Crippen MR) is 114 cm³/mol. The number of aliphatic hydroxyl groups excluding tert-OH is 1. The van der Waals surface area contributed by atoms with E-state index >= 15 is 0 Å². The van der Waals surface area contributed by atoms with Crippen molar-refractivity contribution >= 4 is 23.2 Å². The van der Waals surface area contributed by atoms with Crippen molar-refractivity contribution in [2.24, 2.45) is 0 Å². The van der Waals surface area contributed by atoms with Crippen LogP contribution in [0.25, 0.3) is 0 Å². The van der Waals surface area contributed by atoms with Crippen LogP contribution in [0, 0.1) is 0 Å². The van der Waals surface area contributed by atoms with Gasteiger partial charge in [-0.3, -0.25) is 4.79 Å². The number of anilines is 1.